The van der Waals surface area contributed by atoms with Gasteiger partial charge in [0.25, 0.3) is 0 Å². The van der Waals surface area contributed by atoms with E-state index in [1.807, 2.05) is 30.3 Å². The van der Waals surface area contributed by atoms with Crippen molar-refractivity contribution >= 4 is 12.4 Å². The van der Waals surface area contributed by atoms with Crippen LogP contribution in [0.3, 0.4) is 0 Å². The van der Waals surface area contributed by atoms with Gasteiger partial charge in [-0.2, -0.15) is 0 Å². The van der Waals surface area contributed by atoms with Gasteiger partial charge in [-0.3, -0.25) is 9.69 Å². The first-order chi connectivity index (χ1) is 18.4. The Morgan fingerprint density at radius 3 is 2.50 bits per heavy atom. The first-order valence-corrected chi connectivity index (χ1v) is 12.4. The fraction of sp³-hybridized carbons (Fsp3) is 0.310. The molecule has 0 aliphatic carbocycles. The van der Waals surface area contributed by atoms with Crippen LogP contribution in [-0.2, 0) is 16.1 Å². The largest absolute Gasteiger partial charge is 0.496 e. The molecular weight excluding hydrogens is 494 g/mol. The number of hydrogen-bond acceptors (Lipinski definition) is 5. The SMILES string of the molecule is COc1cc(F)c(F)cc1-c1ccc(OC[C@@H]2CCCN(Cc3ccccc3)C2C(NC=O)C(=O)O)cc1. The summed E-state index contributed by atoms with van der Waals surface area (Å²) in [4.78, 5) is 25.5. The van der Waals surface area contributed by atoms with Crippen LogP contribution >= 0.6 is 0 Å². The molecule has 3 aromatic rings. The first-order valence-electron chi connectivity index (χ1n) is 12.4. The number of amides is 1. The number of nitrogens with one attached hydrogen (secondary N) is 1. The molecule has 7 nitrogen and oxygen atoms in total. The van der Waals surface area contributed by atoms with Crippen LogP contribution in [0.1, 0.15) is 18.4 Å². The van der Waals surface area contributed by atoms with Gasteiger partial charge in [-0.05, 0) is 48.7 Å². The van der Waals surface area contributed by atoms with Crippen LogP contribution in [0, 0.1) is 17.6 Å². The van der Waals surface area contributed by atoms with E-state index in [0.717, 1.165) is 30.5 Å². The quantitative estimate of drug-likeness (QED) is 0.359. The highest BCUT2D eigenvalue weighted by Gasteiger charge is 2.41. The van der Waals surface area contributed by atoms with Crippen molar-refractivity contribution in [3.63, 3.8) is 0 Å². The molecule has 0 radical (unpaired) electrons. The average Bonchev–Trinajstić information content (AvgIpc) is 2.93. The summed E-state index contributed by atoms with van der Waals surface area (Å²) in [7, 11) is 1.39. The number of rotatable bonds is 11. The number of aliphatic carboxylic acids is 1. The standard InChI is InChI=1S/C29H30F2N2O5/c1-37-26-15-25(31)24(30)14-23(26)20-9-11-22(12-10-20)38-17-21-8-5-13-33(16-19-6-3-2-4-7-19)28(21)27(29(35)36)32-18-34/h2-4,6-7,9-12,14-15,18,21,27-28H,5,8,13,16-17H2,1H3,(H,32,34)(H,35,36)/t21-,27?,28?/m0/s1. The van der Waals surface area contributed by atoms with Gasteiger partial charge in [0.05, 0.1) is 13.7 Å². The number of benzene rings is 3. The zero-order valence-corrected chi connectivity index (χ0v) is 21.0. The van der Waals surface area contributed by atoms with Crippen LogP contribution in [0.4, 0.5) is 8.78 Å². The minimum Gasteiger partial charge on any atom is -0.496 e. The minimum absolute atomic E-state index is 0.160. The van der Waals surface area contributed by atoms with Crippen LogP contribution in [0.15, 0.2) is 66.7 Å². The van der Waals surface area contributed by atoms with E-state index in [2.05, 4.69) is 10.2 Å². The van der Waals surface area contributed by atoms with E-state index in [1.165, 1.54) is 7.11 Å². The number of ether oxygens (including phenoxy) is 2. The van der Waals surface area contributed by atoms with E-state index < -0.39 is 29.7 Å². The molecule has 3 aromatic carbocycles. The molecule has 2 N–H and O–H groups in total. The molecule has 0 aromatic heterocycles. The van der Waals surface area contributed by atoms with Gasteiger partial charge in [0.1, 0.15) is 17.5 Å². The minimum atomic E-state index is -1.10. The fourth-order valence-electron chi connectivity index (χ4n) is 5.09. The molecule has 1 amide bonds. The van der Waals surface area contributed by atoms with E-state index in [-0.39, 0.29) is 18.3 Å². The third-order valence-electron chi connectivity index (χ3n) is 6.88. The second-order valence-corrected chi connectivity index (χ2v) is 9.25. The Hall–Kier alpha value is -3.98. The lowest BCUT2D eigenvalue weighted by atomic mass is 9.84. The number of likely N-dealkylation sites (tertiary alicyclic amines) is 1. The number of methoxy groups -OCH3 is 1. The molecule has 1 aliphatic rings. The Bertz CT molecular complexity index is 1240. The van der Waals surface area contributed by atoms with Gasteiger partial charge in [-0.15, -0.1) is 0 Å². The van der Waals surface area contributed by atoms with E-state index >= 15 is 0 Å². The highest BCUT2D eigenvalue weighted by atomic mass is 19.2. The molecule has 9 heteroatoms. The van der Waals surface area contributed by atoms with Crippen molar-refractivity contribution in [1.82, 2.24) is 10.2 Å². The second-order valence-electron chi connectivity index (χ2n) is 9.25. The Balaban J connectivity index is 1.52. The highest BCUT2D eigenvalue weighted by molar-refractivity contribution is 5.77. The summed E-state index contributed by atoms with van der Waals surface area (Å²) >= 11 is 0. The van der Waals surface area contributed by atoms with Crippen LogP contribution in [0.25, 0.3) is 11.1 Å². The van der Waals surface area contributed by atoms with E-state index in [9.17, 15) is 23.5 Å². The van der Waals surface area contributed by atoms with Crippen molar-refractivity contribution in [1.29, 1.82) is 0 Å². The third kappa shape index (κ3) is 6.28. The summed E-state index contributed by atoms with van der Waals surface area (Å²) in [6, 6.07) is 17.2. The normalized spacial score (nSPS) is 18.4. The predicted molar refractivity (Wildman–Crippen MR) is 138 cm³/mol. The molecule has 0 spiro atoms. The molecule has 0 bridgehead atoms. The number of piperidine rings is 1. The number of carbonyl (C=O) groups excluding carboxylic acids is 1. The topological polar surface area (TPSA) is 88.1 Å². The summed E-state index contributed by atoms with van der Waals surface area (Å²) in [5, 5.41) is 12.4. The highest BCUT2D eigenvalue weighted by Crippen LogP contribution is 2.34. The summed E-state index contributed by atoms with van der Waals surface area (Å²) < 4.78 is 38.7. The van der Waals surface area contributed by atoms with Gasteiger partial charge in [-0.1, -0.05) is 42.5 Å². The second kappa shape index (κ2) is 12.5. The van der Waals surface area contributed by atoms with E-state index in [1.54, 1.807) is 24.3 Å². The maximum atomic E-state index is 13.8. The zero-order valence-electron chi connectivity index (χ0n) is 21.0. The first kappa shape index (κ1) is 27.1. The smallest absolute Gasteiger partial charge is 0.327 e. The molecule has 3 atom stereocenters. The van der Waals surface area contributed by atoms with Crippen molar-refractivity contribution in [2.45, 2.75) is 31.5 Å². The van der Waals surface area contributed by atoms with Crippen molar-refractivity contribution in [3.05, 3.63) is 83.9 Å². The van der Waals surface area contributed by atoms with Gasteiger partial charge in [0.15, 0.2) is 11.6 Å². The maximum absolute atomic E-state index is 13.8. The van der Waals surface area contributed by atoms with Gasteiger partial charge in [0, 0.05) is 30.1 Å². The Morgan fingerprint density at radius 1 is 1.13 bits per heavy atom. The Morgan fingerprint density at radius 2 is 1.84 bits per heavy atom. The summed E-state index contributed by atoms with van der Waals surface area (Å²) in [6.45, 7) is 1.50. The molecule has 200 valence electrons. The average molecular weight is 525 g/mol. The van der Waals surface area contributed by atoms with Crippen LogP contribution < -0.4 is 14.8 Å². The van der Waals surface area contributed by atoms with E-state index in [0.29, 0.717) is 36.4 Å². The lowest BCUT2D eigenvalue weighted by molar-refractivity contribution is -0.144. The van der Waals surface area contributed by atoms with Crippen molar-refractivity contribution < 1.29 is 33.0 Å². The molecule has 1 aliphatic heterocycles. The monoisotopic (exact) mass is 524 g/mol. The lowest BCUT2D eigenvalue weighted by Crippen LogP contribution is -2.59. The van der Waals surface area contributed by atoms with Gasteiger partial charge < -0.3 is 19.9 Å². The van der Waals surface area contributed by atoms with Crippen molar-refractivity contribution in [2.75, 3.05) is 20.3 Å². The summed E-state index contributed by atoms with van der Waals surface area (Å²) in [5.41, 5.74) is 2.09. The summed E-state index contributed by atoms with van der Waals surface area (Å²) in [6.07, 6.45) is 2.03. The van der Waals surface area contributed by atoms with Crippen molar-refractivity contribution in [3.8, 4) is 22.6 Å². The molecule has 2 unspecified atom stereocenters. The molecular formula is C29H30F2N2O5. The maximum Gasteiger partial charge on any atom is 0.327 e. The van der Waals surface area contributed by atoms with Gasteiger partial charge in [0.2, 0.25) is 6.41 Å². The predicted octanol–water partition coefficient (Wildman–Crippen LogP) is 4.50. The lowest BCUT2D eigenvalue weighted by Gasteiger charge is -2.43. The van der Waals surface area contributed by atoms with Crippen molar-refractivity contribution in [2.24, 2.45) is 5.92 Å². The number of carbonyl (C=O) groups is 2. The Labute approximate surface area is 220 Å². The van der Waals surface area contributed by atoms with E-state index in [4.69, 9.17) is 9.47 Å². The van der Waals surface area contributed by atoms with Crippen LogP contribution in [0.2, 0.25) is 0 Å². The molecule has 0 saturated carbocycles. The molecule has 1 saturated heterocycles. The third-order valence-corrected chi connectivity index (χ3v) is 6.88. The number of halogens is 2. The Kier molecular flexibility index (Phi) is 8.91. The molecule has 4 rings (SSSR count). The molecule has 1 fully saturated rings. The van der Waals surface area contributed by atoms with Crippen LogP contribution in [-0.4, -0.2) is 54.7 Å². The van der Waals surface area contributed by atoms with Crippen LogP contribution in [0.5, 0.6) is 11.5 Å². The summed E-state index contributed by atoms with van der Waals surface area (Å²) in [5.74, 6) is -2.46. The van der Waals surface area contributed by atoms with Gasteiger partial charge in [-0.25, -0.2) is 13.6 Å². The number of nitrogens with zero attached hydrogens (tertiary/aromatic N) is 1. The molecule has 1 heterocycles. The number of hydrogen-bond donors (Lipinski definition) is 2. The fourth-order valence-corrected chi connectivity index (χ4v) is 5.09. The number of carboxylic acids is 1. The zero-order chi connectivity index (χ0) is 27.1. The molecule has 38 heavy (non-hydrogen) atoms. The van der Waals surface area contributed by atoms with Gasteiger partial charge >= 0.3 is 5.97 Å². The number of carboxylic acid groups (broad SMARTS) is 1.